The van der Waals surface area contributed by atoms with Gasteiger partial charge in [-0.25, -0.2) is 0 Å². The average molecular weight is 388 g/mol. The molecule has 0 saturated carbocycles. The molecule has 0 bridgehead atoms. The molecule has 3 rings (SSSR count). The molecule has 2 aromatic rings. The van der Waals surface area contributed by atoms with E-state index < -0.39 is 5.91 Å². The van der Waals surface area contributed by atoms with Gasteiger partial charge in [0.15, 0.2) is 11.5 Å². The first-order valence-electron chi connectivity index (χ1n) is 8.96. The lowest BCUT2D eigenvalue weighted by atomic mass is 9.85. The lowest BCUT2D eigenvalue weighted by molar-refractivity contribution is 0.1000. The summed E-state index contributed by atoms with van der Waals surface area (Å²) >= 11 is 1.46. The zero-order chi connectivity index (χ0) is 19.6. The molecule has 7 heteroatoms. The second-order valence-electron chi connectivity index (χ2n) is 6.61. The number of rotatable bonds is 6. The van der Waals surface area contributed by atoms with Crippen molar-refractivity contribution in [2.75, 3.05) is 19.5 Å². The summed E-state index contributed by atoms with van der Waals surface area (Å²) in [5, 5.41) is 3.40. The molecule has 0 saturated heterocycles. The van der Waals surface area contributed by atoms with E-state index in [-0.39, 0.29) is 5.91 Å². The third-order valence-electron chi connectivity index (χ3n) is 5.06. The molecule has 1 aromatic carbocycles. The number of amides is 2. The van der Waals surface area contributed by atoms with E-state index in [0.717, 1.165) is 36.1 Å². The van der Waals surface area contributed by atoms with Crippen LogP contribution in [0.15, 0.2) is 18.2 Å². The van der Waals surface area contributed by atoms with E-state index in [4.69, 9.17) is 15.2 Å². The molecule has 1 aliphatic carbocycles. The van der Waals surface area contributed by atoms with Crippen LogP contribution in [0.1, 0.15) is 50.9 Å². The fraction of sp³-hybridized carbons (Fsp3) is 0.400. The van der Waals surface area contributed by atoms with Gasteiger partial charge in [0, 0.05) is 10.4 Å². The first-order chi connectivity index (χ1) is 13.0. The van der Waals surface area contributed by atoms with E-state index in [0.29, 0.717) is 33.5 Å². The maximum absolute atomic E-state index is 12.7. The predicted octanol–water partition coefficient (Wildman–Crippen LogP) is 3.63. The summed E-state index contributed by atoms with van der Waals surface area (Å²) in [4.78, 5) is 25.9. The number of nitrogens with one attached hydrogen (secondary N) is 1. The van der Waals surface area contributed by atoms with E-state index in [1.807, 2.05) is 0 Å². The van der Waals surface area contributed by atoms with Gasteiger partial charge in [0.1, 0.15) is 5.00 Å². The van der Waals surface area contributed by atoms with E-state index in [1.54, 1.807) is 18.2 Å². The number of primary amides is 1. The molecule has 27 heavy (non-hydrogen) atoms. The normalized spacial score (nSPS) is 15.7. The standard InChI is InChI=1S/C20H24N2O4S/c1-4-11-5-7-13-16(9-11)27-20(17(13)18(21)23)22-19(24)12-6-8-14(25-2)15(10-12)26-3/h6,8,10-11H,4-5,7,9H2,1-3H3,(H2,21,23)(H,22,24)/t11-/m1/s1. The van der Waals surface area contributed by atoms with Crippen LogP contribution in [0.3, 0.4) is 0 Å². The minimum absolute atomic E-state index is 0.316. The average Bonchev–Trinajstić information content (AvgIpc) is 3.04. The fourth-order valence-electron chi connectivity index (χ4n) is 3.50. The molecule has 0 aliphatic heterocycles. The Balaban J connectivity index is 1.90. The molecule has 1 aliphatic rings. The molecule has 1 atom stereocenters. The largest absolute Gasteiger partial charge is 0.493 e. The predicted molar refractivity (Wildman–Crippen MR) is 106 cm³/mol. The number of nitrogens with two attached hydrogens (primary N) is 1. The zero-order valence-corrected chi connectivity index (χ0v) is 16.6. The van der Waals surface area contributed by atoms with Crippen molar-refractivity contribution in [3.63, 3.8) is 0 Å². The van der Waals surface area contributed by atoms with Crippen LogP contribution in [0.4, 0.5) is 5.00 Å². The maximum Gasteiger partial charge on any atom is 0.256 e. The van der Waals surface area contributed by atoms with Crippen LogP contribution < -0.4 is 20.5 Å². The van der Waals surface area contributed by atoms with Crippen LogP contribution in [-0.4, -0.2) is 26.0 Å². The minimum atomic E-state index is -0.495. The molecule has 144 valence electrons. The summed E-state index contributed by atoms with van der Waals surface area (Å²) in [6.07, 6.45) is 3.91. The molecule has 0 spiro atoms. The Hall–Kier alpha value is -2.54. The summed E-state index contributed by atoms with van der Waals surface area (Å²) in [7, 11) is 3.05. The van der Waals surface area contributed by atoms with Gasteiger partial charge in [-0.3, -0.25) is 9.59 Å². The van der Waals surface area contributed by atoms with Crippen LogP contribution in [0, 0.1) is 5.92 Å². The molecular weight excluding hydrogens is 364 g/mol. The molecule has 6 nitrogen and oxygen atoms in total. The molecular formula is C20H24N2O4S. The second kappa shape index (κ2) is 8.00. The Morgan fingerprint density at radius 3 is 2.63 bits per heavy atom. The summed E-state index contributed by atoms with van der Waals surface area (Å²) in [6, 6.07) is 4.94. The Labute approximate surface area is 162 Å². The summed E-state index contributed by atoms with van der Waals surface area (Å²) in [5.74, 6) is 0.820. The monoisotopic (exact) mass is 388 g/mol. The van der Waals surface area contributed by atoms with Gasteiger partial charge in [0.05, 0.1) is 19.8 Å². The van der Waals surface area contributed by atoms with Crippen molar-refractivity contribution in [1.29, 1.82) is 0 Å². The quantitative estimate of drug-likeness (QED) is 0.791. The number of carbonyl (C=O) groups is 2. The van der Waals surface area contributed by atoms with Gasteiger partial charge < -0.3 is 20.5 Å². The SMILES string of the molecule is CC[C@@H]1CCc2c(sc(NC(=O)c3ccc(OC)c(OC)c3)c2C(N)=O)C1. The third kappa shape index (κ3) is 3.78. The highest BCUT2D eigenvalue weighted by molar-refractivity contribution is 7.17. The second-order valence-corrected chi connectivity index (χ2v) is 7.72. The number of methoxy groups -OCH3 is 2. The lowest BCUT2D eigenvalue weighted by Gasteiger charge is -2.20. The van der Waals surface area contributed by atoms with Crippen LogP contribution in [-0.2, 0) is 12.8 Å². The van der Waals surface area contributed by atoms with Crippen molar-refractivity contribution < 1.29 is 19.1 Å². The van der Waals surface area contributed by atoms with Crippen LogP contribution in [0.2, 0.25) is 0 Å². The van der Waals surface area contributed by atoms with Gasteiger partial charge in [-0.2, -0.15) is 0 Å². The number of benzene rings is 1. The Kier molecular flexibility index (Phi) is 5.70. The van der Waals surface area contributed by atoms with Crippen molar-refractivity contribution >= 4 is 28.2 Å². The maximum atomic E-state index is 12.7. The molecule has 3 N–H and O–H groups in total. The van der Waals surface area contributed by atoms with E-state index in [9.17, 15) is 9.59 Å². The third-order valence-corrected chi connectivity index (χ3v) is 6.23. The van der Waals surface area contributed by atoms with Crippen molar-refractivity contribution in [3.05, 3.63) is 39.8 Å². The zero-order valence-electron chi connectivity index (χ0n) is 15.8. The van der Waals surface area contributed by atoms with Crippen LogP contribution in [0.5, 0.6) is 11.5 Å². The van der Waals surface area contributed by atoms with Gasteiger partial charge in [-0.15, -0.1) is 11.3 Å². The highest BCUT2D eigenvalue weighted by Gasteiger charge is 2.28. The van der Waals surface area contributed by atoms with Crippen molar-refractivity contribution in [2.45, 2.75) is 32.6 Å². The van der Waals surface area contributed by atoms with Crippen molar-refractivity contribution in [1.82, 2.24) is 0 Å². The number of ether oxygens (including phenoxy) is 2. The number of hydrogen-bond donors (Lipinski definition) is 2. The number of hydrogen-bond acceptors (Lipinski definition) is 5. The number of thiophene rings is 1. The molecule has 1 aromatic heterocycles. The molecule has 2 amide bonds. The lowest BCUT2D eigenvalue weighted by Crippen LogP contribution is -2.19. The smallest absolute Gasteiger partial charge is 0.256 e. The highest BCUT2D eigenvalue weighted by atomic mass is 32.1. The van der Waals surface area contributed by atoms with Crippen LogP contribution >= 0.6 is 11.3 Å². The first-order valence-corrected chi connectivity index (χ1v) is 9.77. The Bertz CT molecular complexity index is 875. The van der Waals surface area contributed by atoms with Gasteiger partial charge in [-0.05, 0) is 48.9 Å². The summed E-state index contributed by atoms with van der Waals surface area (Å²) in [5.41, 5.74) is 7.50. The van der Waals surface area contributed by atoms with Gasteiger partial charge >= 0.3 is 0 Å². The number of anilines is 1. The van der Waals surface area contributed by atoms with E-state index in [1.165, 1.54) is 25.6 Å². The number of carbonyl (C=O) groups excluding carboxylic acids is 2. The Morgan fingerprint density at radius 1 is 1.26 bits per heavy atom. The summed E-state index contributed by atoms with van der Waals surface area (Å²) < 4.78 is 10.5. The minimum Gasteiger partial charge on any atom is -0.493 e. The first kappa shape index (κ1) is 19.2. The van der Waals surface area contributed by atoms with Crippen molar-refractivity contribution in [2.24, 2.45) is 11.7 Å². The molecule has 0 unspecified atom stereocenters. The number of fused-ring (bicyclic) bond motifs is 1. The van der Waals surface area contributed by atoms with E-state index >= 15 is 0 Å². The molecule has 1 heterocycles. The van der Waals surface area contributed by atoms with Gasteiger partial charge in [-0.1, -0.05) is 13.3 Å². The van der Waals surface area contributed by atoms with Crippen molar-refractivity contribution in [3.8, 4) is 11.5 Å². The topological polar surface area (TPSA) is 90.7 Å². The molecule has 0 radical (unpaired) electrons. The fourth-order valence-corrected chi connectivity index (χ4v) is 4.87. The van der Waals surface area contributed by atoms with Gasteiger partial charge in [0.25, 0.3) is 11.8 Å². The molecule has 0 fully saturated rings. The van der Waals surface area contributed by atoms with E-state index in [2.05, 4.69) is 12.2 Å². The Morgan fingerprint density at radius 2 is 2.00 bits per heavy atom. The highest BCUT2D eigenvalue weighted by Crippen LogP contribution is 2.40. The summed E-state index contributed by atoms with van der Waals surface area (Å²) in [6.45, 7) is 2.18. The van der Waals surface area contributed by atoms with Crippen LogP contribution in [0.25, 0.3) is 0 Å². The van der Waals surface area contributed by atoms with Gasteiger partial charge in [0.2, 0.25) is 0 Å².